The largest absolute Gasteiger partial charge is 0.481 e. The van der Waals surface area contributed by atoms with E-state index in [2.05, 4.69) is 0 Å². The minimum atomic E-state index is -0.818. The van der Waals surface area contributed by atoms with Crippen LogP contribution in [0, 0.1) is 5.92 Å². The number of carboxylic acid groups (broad SMARTS) is 1. The molecule has 0 radical (unpaired) electrons. The Morgan fingerprint density at radius 2 is 1.95 bits per heavy atom. The summed E-state index contributed by atoms with van der Waals surface area (Å²) < 4.78 is 0. The quantitative estimate of drug-likeness (QED) is 0.800. The number of nitrogens with zero attached hydrogens (tertiary/aromatic N) is 1. The molecule has 1 unspecified atom stereocenters. The minimum Gasteiger partial charge on any atom is -0.481 e. The zero-order valence-electron chi connectivity index (χ0n) is 11.9. The summed E-state index contributed by atoms with van der Waals surface area (Å²) in [4.78, 5) is 24.6. The molecular formula is C15H21NO3S. The highest BCUT2D eigenvalue weighted by Crippen LogP contribution is 2.11. The molecule has 0 fully saturated rings. The molecule has 0 bridgehead atoms. The predicted octanol–water partition coefficient (Wildman–Crippen LogP) is 2.49. The number of amides is 1. The van der Waals surface area contributed by atoms with Gasteiger partial charge in [0.25, 0.3) is 0 Å². The average molecular weight is 295 g/mol. The van der Waals surface area contributed by atoms with Crippen LogP contribution >= 0.6 is 11.8 Å². The van der Waals surface area contributed by atoms with E-state index in [4.69, 9.17) is 5.11 Å². The Morgan fingerprint density at radius 3 is 2.50 bits per heavy atom. The summed E-state index contributed by atoms with van der Waals surface area (Å²) in [5, 5.41) is 8.79. The molecule has 0 saturated carbocycles. The Hall–Kier alpha value is -1.49. The van der Waals surface area contributed by atoms with Crippen LogP contribution < -0.4 is 0 Å². The van der Waals surface area contributed by atoms with Crippen LogP contribution in [0.3, 0.4) is 0 Å². The minimum absolute atomic E-state index is 0.0546. The molecule has 5 heteroatoms. The van der Waals surface area contributed by atoms with Gasteiger partial charge in [-0.1, -0.05) is 37.3 Å². The zero-order valence-corrected chi connectivity index (χ0v) is 12.7. The van der Waals surface area contributed by atoms with Gasteiger partial charge >= 0.3 is 5.97 Å². The number of benzene rings is 1. The lowest BCUT2D eigenvalue weighted by atomic mass is 10.2. The van der Waals surface area contributed by atoms with Crippen LogP contribution in [0.5, 0.6) is 0 Å². The second-order valence-electron chi connectivity index (χ2n) is 4.65. The second-order valence-corrected chi connectivity index (χ2v) is 5.68. The molecule has 0 aliphatic rings. The summed E-state index contributed by atoms with van der Waals surface area (Å²) in [6.45, 7) is 4.86. The summed E-state index contributed by atoms with van der Waals surface area (Å²) in [5.74, 6) is -0.389. The van der Waals surface area contributed by atoms with E-state index in [0.29, 0.717) is 24.6 Å². The van der Waals surface area contributed by atoms with E-state index in [9.17, 15) is 9.59 Å². The van der Waals surface area contributed by atoms with Gasteiger partial charge in [-0.05, 0) is 12.5 Å². The first-order chi connectivity index (χ1) is 9.54. The number of carbonyl (C=O) groups is 2. The Bertz CT molecular complexity index is 436. The van der Waals surface area contributed by atoms with E-state index < -0.39 is 11.9 Å². The fourth-order valence-corrected chi connectivity index (χ4v) is 2.64. The number of thioether (sulfide) groups is 1. The number of hydrogen-bond donors (Lipinski definition) is 1. The van der Waals surface area contributed by atoms with Crippen molar-refractivity contribution in [3.05, 3.63) is 35.9 Å². The fourth-order valence-electron chi connectivity index (χ4n) is 1.67. The van der Waals surface area contributed by atoms with Crippen molar-refractivity contribution >= 4 is 23.6 Å². The summed E-state index contributed by atoms with van der Waals surface area (Å²) in [7, 11) is 0. The van der Waals surface area contributed by atoms with Gasteiger partial charge in [-0.15, -0.1) is 0 Å². The van der Waals surface area contributed by atoms with Gasteiger partial charge in [0.15, 0.2) is 0 Å². The van der Waals surface area contributed by atoms with Crippen molar-refractivity contribution in [2.24, 2.45) is 5.92 Å². The van der Waals surface area contributed by atoms with Crippen molar-refractivity contribution in [1.82, 2.24) is 4.90 Å². The molecule has 0 saturated heterocycles. The molecule has 20 heavy (non-hydrogen) atoms. The van der Waals surface area contributed by atoms with Crippen LogP contribution in [-0.4, -0.2) is 39.9 Å². The highest BCUT2D eigenvalue weighted by atomic mass is 32.2. The maximum Gasteiger partial charge on any atom is 0.307 e. The third-order valence-corrected chi connectivity index (χ3v) is 4.15. The Kier molecular flexibility index (Phi) is 7.15. The Morgan fingerprint density at radius 1 is 1.30 bits per heavy atom. The molecule has 1 atom stereocenters. The molecular weight excluding hydrogens is 274 g/mol. The van der Waals surface area contributed by atoms with Crippen molar-refractivity contribution in [2.45, 2.75) is 20.4 Å². The van der Waals surface area contributed by atoms with Crippen LogP contribution in [0.4, 0.5) is 0 Å². The van der Waals surface area contributed by atoms with Gasteiger partial charge in [0.2, 0.25) is 5.91 Å². The number of hydrogen-bond acceptors (Lipinski definition) is 3. The summed E-state index contributed by atoms with van der Waals surface area (Å²) in [5.41, 5.74) is 1.10. The Labute approximate surface area is 124 Å². The number of carbonyl (C=O) groups excluding carboxylic acids is 1. The van der Waals surface area contributed by atoms with Crippen molar-refractivity contribution in [1.29, 1.82) is 0 Å². The van der Waals surface area contributed by atoms with E-state index >= 15 is 0 Å². The van der Waals surface area contributed by atoms with Gasteiger partial charge in [0, 0.05) is 18.8 Å². The molecule has 1 aromatic rings. The van der Waals surface area contributed by atoms with Gasteiger partial charge in [0.05, 0.1) is 11.7 Å². The fraction of sp³-hybridized carbons (Fsp3) is 0.467. The van der Waals surface area contributed by atoms with Crippen LogP contribution in [0.15, 0.2) is 30.3 Å². The average Bonchev–Trinajstić information content (AvgIpc) is 2.45. The van der Waals surface area contributed by atoms with Gasteiger partial charge in [0.1, 0.15) is 0 Å². The van der Waals surface area contributed by atoms with Crippen molar-refractivity contribution in [2.75, 3.05) is 18.1 Å². The van der Waals surface area contributed by atoms with E-state index in [-0.39, 0.29) is 5.91 Å². The molecule has 1 rings (SSSR count). The molecule has 0 aliphatic heterocycles. The first kappa shape index (κ1) is 16.6. The van der Waals surface area contributed by atoms with Gasteiger partial charge < -0.3 is 10.0 Å². The molecule has 0 heterocycles. The van der Waals surface area contributed by atoms with Crippen molar-refractivity contribution in [3.8, 4) is 0 Å². The lowest BCUT2D eigenvalue weighted by Gasteiger charge is -2.21. The van der Waals surface area contributed by atoms with E-state index in [1.807, 2.05) is 37.3 Å². The molecule has 1 amide bonds. The van der Waals surface area contributed by atoms with Crippen LogP contribution in [-0.2, 0) is 16.1 Å². The summed E-state index contributed by atoms with van der Waals surface area (Å²) in [6.07, 6.45) is 0. The molecule has 0 aliphatic carbocycles. The topological polar surface area (TPSA) is 57.6 Å². The van der Waals surface area contributed by atoms with E-state index in [1.54, 1.807) is 11.8 Å². The van der Waals surface area contributed by atoms with Crippen LogP contribution in [0.2, 0.25) is 0 Å². The lowest BCUT2D eigenvalue weighted by Crippen LogP contribution is -2.32. The molecule has 110 valence electrons. The third kappa shape index (κ3) is 5.65. The van der Waals surface area contributed by atoms with Crippen LogP contribution in [0.25, 0.3) is 0 Å². The zero-order chi connectivity index (χ0) is 15.0. The normalized spacial score (nSPS) is 11.9. The number of carboxylic acids is 1. The molecule has 1 aromatic carbocycles. The molecule has 0 spiro atoms. The third-order valence-electron chi connectivity index (χ3n) is 2.97. The van der Waals surface area contributed by atoms with Crippen molar-refractivity contribution < 1.29 is 14.7 Å². The SMILES string of the molecule is CCN(Cc1ccccc1)C(=O)CSCC(C)C(=O)O. The van der Waals surface area contributed by atoms with E-state index in [0.717, 1.165) is 5.56 Å². The molecule has 0 aromatic heterocycles. The van der Waals surface area contributed by atoms with Gasteiger partial charge in [-0.25, -0.2) is 0 Å². The standard InChI is InChI=1S/C15H21NO3S/c1-3-16(9-13-7-5-4-6-8-13)14(17)11-20-10-12(2)15(18)19/h4-8,12H,3,9-11H2,1-2H3,(H,18,19). The predicted molar refractivity (Wildman–Crippen MR) is 81.7 cm³/mol. The first-order valence-corrected chi connectivity index (χ1v) is 7.82. The molecule has 1 N–H and O–H groups in total. The maximum atomic E-state index is 12.1. The summed E-state index contributed by atoms with van der Waals surface area (Å²) in [6, 6.07) is 9.85. The second kappa shape index (κ2) is 8.64. The highest BCUT2D eigenvalue weighted by molar-refractivity contribution is 7.99. The number of rotatable bonds is 8. The van der Waals surface area contributed by atoms with Crippen LogP contribution in [0.1, 0.15) is 19.4 Å². The highest BCUT2D eigenvalue weighted by Gasteiger charge is 2.15. The first-order valence-electron chi connectivity index (χ1n) is 6.66. The van der Waals surface area contributed by atoms with Crippen molar-refractivity contribution in [3.63, 3.8) is 0 Å². The summed E-state index contributed by atoms with van der Waals surface area (Å²) >= 11 is 1.38. The lowest BCUT2D eigenvalue weighted by molar-refractivity contribution is -0.140. The smallest absolute Gasteiger partial charge is 0.307 e. The monoisotopic (exact) mass is 295 g/mol. The van der Waals surface area contributed by atoms with Gasteiger partial charge in [-0.2, -0.15) is 11.8 Å². The number of aliphatic carboxylic acids is 1. The van der Waals surface area contributed by atoms with E-state index in [1.165, 1.54) is 11.8 Å². The molecule has 4 nitrogen and oxygen atoms in total. The van der Waals surface area contributed by atoms with Gasteiger partial charge in [-0.3, -0.25) is 9.59 Å². The Balaban J connectivity index is 2.41. The maximum absolute atomic E-state index is 12.1.